The third-order valence-corrected chi connectivity index (χ3v) is 3.17. The van der Waals surface area contributed by atoms with Crippen LogP contribution >= 0.6 is 0 Å². The highest BCUT2D eigenvalue weighted by Gasteiger charge is 2.30. The van der Waals surface area contributed by atoms with Gasteiger partial charge in [-0.05, 0) is 18.3 Å². The van der Waals surface area contributed by atoms with Crippen molar-refractivity contribution in [2.24, 2.45) is 11.8 Å². The van der Waals surface area contributed by atoms with Gasteiger partial charge in [0.05, 0.1) is 13.2 Å². The van der Waals surface area contributed by atoms with E-state index >= 15 is 0 Å². The second kappa shape index (κ2) is 4.24. The molecule has 2 aliphatic carbocycles. The van der Waals surface area contributed by atoms with Crippen LogP contribution in [0.25, 0.3) is 0 Å². The Morgan fingerprint density at radius 1 is 0.750 bits per heavy atom. The van der Waals surface area contributed by atoms with Gasteiger partial charge in [-0.3, -0.25) is 0 Å². The first-order valence-electron chi connectivity index (χ1n) is 5.10. The lowest BCUT2D eigenvalue weighted by atomic mass is 10.0. The molecule has 0 amide bonds. The van der Waals surface area contributed by atoms with Crippen molar-refractivity contribution in [1.29, 1.82) is 0 Å². The van der Waals surface area contributed by atoms with Crippen molar-refractivity contribution < 1.29 is 9.47 Å². The van der Waals surface area contributed by atoms with Crippen molar-refractivity contribution in [2.75, 3.05) is 20.0 Å². The van der Waals surface area contributed by atoms with Gasteiger partial charge in [0.25, 0.3) is 0 Å². The molecule has 3 aliphatic rings. The lowest BCUT2D eigenvalue weighted by molar-refractivity contribution is 0.0692. The molecule has 2 heteroatoms. The Hall–Kier alpha value is -0.0800. The SMILES string of the molecule is C1CC2CCC1C2.C1COCO1. The molecule has 0 spiro atoms. The topological polar surface area (TPSA) is 18.5 Å². The average Bonchev–Trinajstić information content (AvgIpc) is 2.86. The molecule has 2 nitrogen and oxygen atoms in total. The van der Waals surface area contributed by atoms with E-state index in [1.165, 1.54) is 11.8 Å². The van der Waals surface area contributed by atoms with Gasteiger partial charge in [-0.25, -0.2) is 0 Å². The Labute approximate surface area is 74.2 Å². The van der Waals surface area contributed by atoms with Crippen LogP contribution in [-0.2, 0) is 9.47 Å². The zero-order chi connectivity index (χ0) is 8.23. The molecule has 0 atom stereocenters. The van der Waals surface area contributed by atoms with Crippen LogP contribution in [0.4, 0.5) is 0 Å². The second-order valence-electron chi connectivity index (χ2n) is 4.06. The third kappa shape index (κ3) is 2.20. The largest absolute Gasteiger partial charge is 0.353 e. The summed E-state index contributed by atoms with van der Waals surface area (Å²) in [6.45, 7) is 2.06. The summed E-state index contributed by atoms with van der Waals surface area (Å²) < 4.78 is 9.44. The first-order chi connectivity index (χ1) is 5.95. The smallest absolute Gasteiger partial charge is 0.146 e. The van der Waals surface area contributed by atoms with Gasteiger partial charge in [0.1, 0.15) is 6.79 Å². The normalized spacial score (nSPS) is 38.0. The van der Waals surface area contributed by atoms with Gasteiger partial charge in [-0.1, -0.05) is 25.7 Å². The van der Waals surface area contributed by atoms with Crippen molar-refractivity contribution in [3.8, 4) is 0 Å². The van der Waals surface area contributed by atoms with E-state index < -0.39 is 0 Å². The maximum absolute atomic E-state index is 4.72. The molecule has 1 heterocycles. The van der Waals surface area contributed by atoms with Crippen LogP contribution in [0.15, 0.2) is 0 Å². The number of rotatable bonds is 0. The number of hydrogen-bond donors (Lipinski definition) is 0. The molecule has 2 bridgehead atoms. The lowest BCUT2D eigenvalue weighted by Crippen LogP contribution is -1.90. The van der Waals surface area contributed by atoms with Crippen LogP contribution in [0.2, 0.25) is 0 Å². The lowest BCUT2D eigenvalue weighted by Gasteiger charge is -2.05. The Morgan fingerprint density at radius 2 is 1.25 bits per heavy atom. The molecule has 3 rings (SSSR count). The van der Waals surface area contributed by atoms with E-state index in [1.807, 2.05) is 0 Å². The van der Waals surface area contributed by atoms with Gasteiger partial charge in [-0.2, -0.15) is 0 Å². The summed E-state index contributed by atoms with van der Waals surface area (Å²) in [4.78, 5) is 0. The van der Waals surface area contributed by atoms with Crippen molar-refractivity contribution in [2.45, 2.75) is 32.1 Å². The van der Waals surface area contributed by atoms with Crippen LogP contribution < -0.4 is 0 Å². The monoisotopic (exact) mass is 170 g/mol. The molecular weight excluding hydrogens is 152 g/mol. The molecule has 1 aliphatic heterocycles. The predicted octanol–water partition coefficient (Wildman–Crippen LogP) is 2.19. The molecule has 0 aromatic heterocycles. The predicted molar refractivity (Wildman–Crippen MR) is 46.8 cm³/mol. The van der Waals surface area contributed by atoms with E-state index in [9.17, 15) is 0 Å². The van der Waals surface area contributed by atoms with E-state index in [1.54, 1.807) is 32.1 Å². The maximum atomic E-state index is 4.72. The van der Waals surface area contributed by atoms with Crippen molar-refractivity contribution >= 4 is 0 Å². The first-order valence-corrected chi connectivity index (χ1v) is 5.10. The van der Waals surface area contributed by atoms with E-state index in [-0.39, 0.29) is 0 Å². The van der Waals surface area contributed by atoms with E-state index in [0.717, 1.165) is 13.2 Å². The summed E-state index contributed by atoms with van der Waals surface area (Å²) in [5.41, 5.74) is 0. The van der Waals surface area contributed by atoms with Crippen LogP contribution in [0.3, 0.4) is 0 Å². The Bertz CT molecular complexity index is 106. The van der Waals surface area contributed by atoms with Gasteiger partial charge >= 0.3 is 0 Å². The van der Waals surface area contributed by atoms with Crippen molar-refractivity contribution in [3.63, 3.8) is 0 Å². The van der Waals surface area contributed by atoms with Gasteiger partial charge in [-0.15, -0.1) is 0 Å². The highest BCUT2D eigenvalue weighted by molar-refractivity contribution is 4.82. The van der Waals surface area contributed by atoms with E-state index in [2.05, 4.69) is 0 Å². The number of fused-ring (bicyclic) bond motifs is 2. The van der Waals surface area contributed by atoms with E-state index in [0.29, 0.717) is 6.79 Å². The third-order valence-electron chi connectivity index (χ3n) is 3.17. The molecule has 1 saturated heterocycles. The van der Waals surface area contributed by atoms with Crippen LogP contribution in [0.1, 0.15) is 32.1 Å². The molecule has 2 saturated carbocycles. The summed E-state index contributed by atoms with van der Waals surface area (Å²) in [6.07, 6.45) is 7.82. The summed E-state index contributed by atoms with van der Waals surface area (Å²) in [5, 5.41) is 0. The number of hydrogen-bond acceptors (Lipinski definition) is 2. The second-order valence-corrected chi connectivity index (χ2v) is 4.06. The summed E-state index contributed by atoms with van der Waals surface area (Å²) in [6, 6.07) is 0. The van der Waals surface area contributed by atoms with Crippen LogP contribution in [-0.4, -0.2) is 20.0 Å². The summed E-state index contributed by atoms with van der Waals surface area (Å²) >= 11 is 0. The minimum absolute atomic E-state index is 0.500. The standard InChI is InChI=1S/C7H12.C3H6O2/c1-2-7-4-3-6(1)5-7;1-2-5-3-4-1/h6-7H,1-5H2;1-3H2. The zero-order valence-electron chi connectivity index (χ0n) is 7.63. The average molecular weight is 170 g/mol. The molecule has 12 heavy (non-hydrogen) atoms. The quantitative estimate of drug-likeness (QED) is 0.555. The molecule has 0 N–H and O–H groups in total. The number of ether oxygens (including phenoxy) is 2. The minimum Gasteiger partial charge on any atom is -0.353 e. The molecule has 0 unspecified atom stereocenters. The minimum atomic E-state index is 0.500. The molecule has 3 fully saturated rings. The molecule has 0 aromatic carbocycles. The fourth-order valence-electron chi connectivity index (χ4n) is 2.47. The van der Waals surface area contributed by atoms with Gasteiger partial charge in [0.2, 0.25) is 0 Å². The van der Waals surface area contributed by atoms with E-state index in [4.69, 9.17) is 9.47 Å². The maximum Gasteiger partial charge on any atom is 0.146 e. The molecule has 0 radical (unpaired) electrons. The van der Waals surface area contributed by atoms with Gasteiger partial charge in [0.15, 0.2) is 0 Å². The van der Waals surface area contributed by atoms with Crippen molar-refractivity contribution in [1.82, 2.24) is 0 Å². The molecular formula is C10H18O2. The van der Waals surface area contributed by atoms with Crippen LogP contribution in [0, 0.1) is 11.8 Å². The van der Waals surface area contributed by atoms with Gasteiger partial charge < -0.3 is 9.47 Å². The molecule has 0 aromatic rings. The fourth-order valence-corrected chi connectivity index (χ4v) is 2.47. The summed E-state index contributed by atoms with van der Waals surface area (Å²) in [7, 11) is 0. The highest BCUT2D eigenvalue weighted by atomic mass is 16.7. The fraction of sp³-hybridized carbons (Fsp3) is 1.00. The van der Waals surface area contributed by atoms with Crippen LogP contribution in [0.5, 0.6) is 0 Å². The first kappa shape index (κ1) is 8.52. The van der Waals surface area contributed by atoms with Crippen molar-refractivity contribution in [3.05, 3.63) is 0 Å². The van der Waals surface area contributed by atoms with Gasteiger partial charge in [0, 0.05) is 0 Å². The molecule has 70 valence electrons. The Morgan fingerprint density at radius 3 is 1.42 bits per heavy atom. The Kier molecular flexibility index (Phi) is 3.01. The zero-order valence-corrected chi connectivity index (χ0v) is 7.63. The Balaban J connectivity index is 0.000000100. The highest BCUT2D eigenvalue weighted by Crippen LogP contribution is 2.43. The summed E-state index contributed by atoms with van der Waals surface area (Å²) in [5.74, 6) is 2.34.